The van der Waals surface area contributed by atoms with Crippen molar-refractivity contribution in [2.75, 3.05) is 19.7 Å². The van der Waals surface area contributed by atoms with Crippen molar-refractivity contribution in [1.82, 2.24) is 10.4 Å². The van der Waals surface area contributed by atoms with E-state index in [0.29, 0.717) is 19.7 Å². The molecule has 6 heteroatoms. The van der Waals surface area contributed by atoms with Crippen LogP contribution in [0.25, 0.3) is 6.08 Å². The van der Waals surface area contributed by atoms with Crippen LogP contribution in [0.4, 0.5) is 4.79 Å². The van der Waals surface area contributed by atoms with Crippen LogP contribution in [-0.2, 0) is 16.0 Å². The highest BCUT2D eigenvalue weighted by Crippen LogP contribution is 2.34. The number of amides is 2. The molecule has 1 fully saturated rings. The van der Waals surface area contributed by atoms with Gasteiger partial charge in [0.25, 0.3) is 0 Å². The molecule has 1 saturated heterocycles. The maximum Gasteiger partial charge on any atom is 0.341 e. The fourth-order valence-corrected chi connectivity index (χ4v) is 3.92. The lowest BCUT2D eigenvalue weighted by molar-refractivity contribution is -0.263. The van der Waals surface area contributed by atoms with E-state index in [0.717, 1.165) is 54.7 Å². The number of nitrogens with one attached hydrogen (secondary N) is 1. The standard InChI is InChI=1S/C25H30N2O4/c1-2-26-25(28)27(31-24-13-6-7-16-29-24)18-19-14-15-22-20(17-19)9-8-12-23(22)30-21-10-4-3-5-11-21/h3-5,8-12,17,24H,2,6-7,13-16,18H2,1H3,(H,26,28). The van der Waals surface area contributed by atoms with Crippen molar-refractivity contribution in [3.05, 3.63) is 65.2 Å². The Hall–Kier alpha value is -2.83. The van der Waals surface area contributed by atoms with Gasteiger partial charge in [-0.25, -0.2) is 9.63 Å². The van der Waals surface area contributed by atoms with Gasteiger partial charge in [0, 0.05) is 25.1 Å². The SMILES string of the molecule is CCNC(=O)N(CC1=Cc2cccc(Oc3ccccc3)c2CC1)OC1CCCCO1. The van der Waals surface area contributed by atoms with Gasteiger partial charge in [0.15, 0.2) is 6.29 Å². The second-order valence-corrected chi connectivity index (χ2v) is 7.82. The number of carbonyl (C=O) groups is 1. The molecule has 0 spiro atoms. The zero-order valence-corrected chi connectivity index (χ0v) is 18.0. The zero-order chi connectivity index (χ0) is 21.5. The number of hydrogen-bond donors (Lipinski definition) is 1. The van der Waals surface area contributed by atoms with E-state index in [-0.39, 0.29) is 12.3 Å². The van der Waals surface area contributed by atoms with E-state index >= 15 is 0 Å². The number of nitrogens with zero attached hydrogens (tertiary/aromatic N) is 1. The number of hydrogen-bond acceptors (Lipinski definition) is 4. The van der Waals surface area contributed by atoms with Gasteiger partial charge >= 0.3 is 6.03 Å². The van der Waals surface area contributed by atoms with Gasteiger partial charge in [-0.15, -0.1) is 0 Å². The normalized spacial score (nSPS) is 18.0. The lowest BCUT2D eigenvalue weighted by Gasteiger charge is -2.30. The van der Waals surface area contributed by atoms with Gasteiger partial charge < -0.3 is 14.8 Å². The molecule has 2 aromatic rings. The van der Waals surface area contributed by atoms with E-state index in [2.05, 4.69) is 17.5 Å². The van der Waals surface area contributed by atoms with Crippen LogP contribution in [0.1, 0.15) is 43.7 Å². The van der Waals surface area contributed by atoms with Gasteiger partial charge in [-0.2, -0.15) is 5.06 Å². The molecule has 1 aliphatic carbocycles. The van der Waals surface area contributed by atoms with Crippen molar-refractivity contribution in [3.8, 4) is 11.5 Å². The molecule has 6 nitrogen and oxygen atoms in total. The third-order valence-electron chi connectivity index (χ3n) is 5.48. The minimum Gasteiger partial charge on any atom is -0.457 e. The van der Waals surface area contributed by atoms with Gasteiger partial charge in [-0.1, -0.05) is 36.4 Å². The lowest BCUT2D eigenvalue weighted by atomic mass is 9.91. The molecule has 164 valence electrons. The number of ether oxygens (including phenoxy) is 2. The van der Waals surface area contributed by atoms with Crippen LogP contribution in [0.5, 0.6) is 11.5 Å². The topological polar surface area (TPSA) is 60.0 Å². The van der Waals surface area contributed by atoms with Crippen molar-refractivity contribution >= 4 is 12.1 Å². The van der Waals surface area contributed by atoms with Crippen molar-refractivity contribution in [3.63, 3.8) is 0 Å². The summed E-state index contributed by atoms with van der Waals surface area (Å²) in [5, 5.41) is 4.26. The second kappa shape index (κ2) is 10.5. The number of benzene rings is 2. The smallest absolute Gasteiger partial charge is 0.341 e. The number of hydroxylamine groups is 2. The second-order valence-electron chi connectivity index (χ2n) is 7.82. The Kier molecular flexibility index (Phi) is 7.22. The number of rotatable bonds is 7. The molecular weight excluding hydrogens is 392 g/mol. The quantitative estimate of drug-likeness (QED) is 0.615. The number of carbonyl (C=O) groups excluding carboxylic acids is 1. The van der Waals surface area contributed by atoms with Crippen LogP contribution in [0.2, 0.25) is 0 Å². The highest BCUT2D eigenvalue weighted by molar-refractivity contribution is 5.74. The Morgan fingerprint density at radius 1 is 1.13 bits per heavy atom. The molecule has 1 atom stereocenters. The minimum atomic E-state index is -0.362. The third-order valence-corrected chi connectivity index (χ3v) is 5.48. The van der Waals surface area contributed by atoms with E-state index < -0.39 is 0 Å². The summed E-state index contributed by atoms with van der Waals surface area (Å²) in [6, 6.07) is 15.7. The van der Waals surface area contributed by atoms with Gasteiger partial charge in [-0.3, -0.25) is 0 Å². The maximum atomic E-state index is 12.6. The van der Waals surface area contributed by atoms with Gasteiger partial charge in [-0.05, 0) is 61.9 Å². The molecule has 1 N–H and O–H groups in total. The summed E-state index contributed by atoms with van der Waals surface area (Å²) >= 11 is 0. The molecule has 31 heavy (non-hydrogen) atoms. The Bertz CT molecular complexity index is 907. The van der Waals surface area contributed by atoms with Crippen LogP contribution in [0.3, 0.4) is 0 Å². The largest absolute Gasteiger partial charge is 0.457 e. The van der Waals surface area contributed by atoms with Crippen molar-refractivity contribution in [2.24, 2.45) is 0 Å². The summed E-state index contributed by atoms with van der Waals surface area (Å²) in [6.45, 7) is 3.53. The highest BCUT2D eigenvalue weighted by atomic mass is 16.8. The average Bonchev–Trinajstić information content (AvgIpc) is 2.80. The number of fused-ring (bicyclic) bond motifs is 1. The van der Waals surface area contributed by atoms with E-state index in [1.54, 1.807) is 0 Å². The predicted octanol–water partition coefficient (Wildman–Crippen LogP) is 5.30. The summed E-state index contributed by atoms with van der Waals surface area (Å²) in [6.07, 6.45) is 6.37. The summed E-state index contributed by atoms with van der Waals surface area (Å²) in [4.78, 5) is 18.5. The molecule has 0 aromatic heterocycles. The predicted molar refractivity (Wildman–Crippen MR) is 120 cm³/mol. The first kappa shape index (κ1) is 21.4. The van der Waals surface area contributed by atoms with Gasteiger partial charge in [0.1, 0.15) is 11.5 Å². The van der Waals surface area contributed by atoms with Gasteiger partial charge in [0.05, 0.1) is 6.54 Å². The van der Waals surface area contributed by atoms with Gasteiger partial charge in [0.2, 0.25) is 0 Å². The lowest BCUT2D eigenvalue weighted by Crippen LogP contribution is -2.44. The number of urea groups is 1. The molecule has 0 bridgehead atoms. The van der Waals surface area contributed by atoms with E-state index in [1.165, 1.54) is 10.6 Å². The van der Waals surface area contributed by atoms with E-state index in [4.69, 9.17) is 14.3 Å². The van der Waals surface area contributed by atoms with Crippen LogP contribution in [0.15, 0.2) is 54.1 Å². The molecule has 1 unspecified atom stereocenters. The van der Waals surface area contributed by atoms with Crippen LogP contribution < -0.4 is 10.1 Å². The minimum absolute atomic E-state index is 0.232. The van der Waals surface area contributed by atoms with Crippen LogP contribution in [0, 0.1) is 0 Å². The summed E-state index contributed by atoms with van der Waals surface area (Å²) in [5.41, 5.74) is 3.46. The van der Waals surface area contributed by atoms with Crippen LogP contribution >= 0.6 is 0 Å². The molecule has 1 heterocycles. The molecule has 1 aliphatic heterocycles. The Morgan fingerprint density at radius 3 is 2.77 bits per heavy atom. The monoisotopic (exact) mass is 422 g/mol. The molecule has 0 radical (unpaired) electrons. The molecule has 2 aromatic carbocycles. The third kappa shape index (κ3) is 5.66. The molecule has 2 amide bonds. The molecule has 0 saturated carbocycles. The van der Waals surface area contributed by atoms with E-state index in [1.807, 2.05) is 49.4 Å². The van der Waals surface area contributed by atoms with Crippen molar-refractivity contribution in [1.29, 1.82) is 0 Å². The Labute approximate surface area is 183 Å². The first-order valence-corrected chi connectivity index (χ1v) is 11.1. The molecular formula is C25H30N2O4. The van der Waals surface area contributed by atoms with Crippen molar-refractivity contribution < 1.29 is 19.1 Å². The maximum absolute atomic E-state index is 12.6. The summed E-state index contributed by atoms with van der Waals surface area (Å²) in [5.74, 6) is 1.71. The zero-order valence-electron chi connectivity index (χ0n) is 18.0. The van der Waals surface area contributed by atoms with E-state index in [9.17, 15) is 4.79 Å². The highest BCUT2D eigenvalue weighted by Gasteiger charge is 2.24. The number of para-hydroxylation sites is 1. The summed E-state index contributed by atoms with van der Waals surface area (Å²) in [7, 11) is 0. The van der Waals surface area contributed by atoms with Crippen molar-refractivity contribution in [2.45, 2.75) is 45.3 Å². The first-order valence-electron chi connectivity index (χ1n) is 11.1. The first-order chi connectivity index (χ1) is 15.2. The molecule has 4 rings (SSSR count). The Balaban J connectivity index is 1.49. The fraction of sp³-hybridized carbons (Fsp3) is 0.400. The average molecular weight is 423 g/mol. The fourth-order valence-electron chi connectivity index (χ4n) is 3.92. The van der Waals surface area contributed by atoms with Crippen LogP contribution in [-0.4, -0.2) is 37.1 Å². The summed E-state index contributed by atoms with van der Waals surface area (Å²) < 4.78 is 11.8. The molecule has 2 aliphatic rings. The Morgan fingerprint density at radius 2 is 2.00 bits per heavy atom.